The number of ether oxygens (including phenoxy) is 1. The Morgan fingerprint density at radius 2 is 2.16 bits per heavy atom. The van der Waals surface area contributed by atoms with Crippen molar-refractivity contribution < 1.29 is 9.53 Å². The Kier molecular flexibility index (Phi) is 5.10. The van der Waals surface area contributed by atoms with Crippen molar-refractivity contribution in [2.45, 2.75) is 49.8 Å². The van der Waals surface area contributed by atoms with Gasteiger partial charge in [-0.1, -0.05) is 12.2 Å². The third-order valence-electron chi connectivity index (χ3n) is 5.74. The van der Waals surface area contributed by atoms with E-state index in [1.807, 2.05) is 6.20 Å². The Morgan fingerprint density at radius 1 is 1.32 bits per heavy atom. The number of dihydropyridines is 1. The SMILES string of the molecule is O=C(CN1CCC2(CC1)CC(NC1CC1)CO2)NCC1=CNCC=C1. The van der Waals surface area contributed by atoms with Gasteiger partial charge >= 0.3 is 0 Å². The molecule has 4 aliphatic rings. The van der Waals surface area contributed by atoms with Crippen LogP contribution in [-0.4, -0.2) is 67.8 Å². The van der Waals surface area contributed by atoms with Gasteiger partial charge in [-0.15, -0.1) is 0 Å². The molecule has 6 heteroatoms. The molecule has 3 N–H and O–H groups in total. The van der Waals surface area contributed by atoms with Gasteiger partial charge in [-0.25, -0.2) is 0 Å². The summed E-state index contributed by atoms with van der Waals surface area (Å²) < 4.78 is 6.19. The molecule has 1 unspecified atom stereocenters. The number of carbonyl (C=O) groups excluding carboxylic acids is 1. The Morgan fingerprint density at radius 3 is 2.88 bits per heavy atom. The lowest BCUT2D eigenvalue weighted by atomic mass is 9.87. The zero-order chi connectivity index (χ0) is 17.1. The lowest BCUT2D eigenvalue weighted by molar-refractivity contribution is -0.123. The van der Waals surface area contributed by atoms with Gasteiger partial charge in [-0.3, -0.25) is 9.69 Å². The van der Waals surface area contributed by atoms with E-state index in [0.717, 1.165) is 57.1 Å². The smallest absolute Gasteiger partial charge is 0.234 e. The summed E-state index contributed by atoms with van der Waals surface area (Å²) in [4.78, 5) is 14.4. The molecular formula is C19H30N4O2. The van der Waals surface area contributed by atoms with E-state index in [1.54, 1.807) is 0 Å². The summed E-state index contributed by atoms with van der Waals surface area (Å²) in [5, 5.41) is 9.87. The first-order chi connectivity index (χ1) is 12.2. The van der Waals surface area contributed by atoms with Gasteiger partial charge in [-0.2, -0.15) is 0 Å². The molecule has 2 saturated heterocycles. The fraction of sp³-hybridized carbons (Fsp3) is 0.737. The van der Waals surface area contributed by atoms with Crippen molar-refractivity contribution in [1.29, 1.82) is 0 Å². The Hall–Kier alpha value is -1.37. The molecule has 138 valence electrons. The number of nitrogens with one attached hydrogen (secondary N) is 3. The highest BCUT2D eigenvalue weighted by Gasteiger charge is 2.43. The largest absolute Gasteiger partial charge is 0.387 e. The molecule has 3 aliphatic heterocycles. The second-order valence-electron chi connectivity index (χ2n) is 7.92. The monoisotopic (exact) mass is 346 g/mol. The van der Waals surface area contributed by atoms with Crippen molar-refractivity contribution in [2.24, 2.45) is 0 Å². The molecular weight excluding hydrogens is 316 g/mol. The van der Waals surface area contributed by atoms with Gasteiger partial charge in [0.1, 0.15) is 0 Å². The number of amides is 1. The van der Waals surface area contributed by atoms with E-state index in [9.17, 15) is 4.79 Å². The highest BCUT2D eigenvalue weighted by Crippen LogP contribution is 2.36. The third-order valence-corrected chi connectivity index (χ3v) is 5.74. The van der Waals surface area contributed by atoms with Gasteiger partial charge < -0.3 is 20.7 Å². The predicted molar refractivity (Wildman–Crippen MR) is 97.2 cm³/mol. The van der Waals surface area contributed by atoms with E-state index in [-0.39, 0.29) is 11.5 Å². The van der Waals surface area contributed by atoms with Crippen molar-refractivity contribution in [1.82, 2.24) is 20.9 Å². The fourth-order valence-electron chi connectivity index (χ4n) is 4.09. The average molecular weight is 346 g/mol. The van der Waals surface area contributed by atoms with Crippen LogP contribution in [0.5, 0.6) is 0 Å². The molecule has 1 atom stereocenters. The maximum atomic E-state index is 12.2. The standard InChI is InChI=1S/C19H30N4O2/c24-18(21-12-15-2-1-7-20-11-15)13-23-8-5-19(6-9-23)10-17(14-25-19)22-16-3-4-16/h1-2,11,16-17,20,22H,3-10,12-14H2,(H,21,24). The molecule has 0 aromatic carbocycles. The maximum absolute atomic E-state index is 12.2. The summed E-state index contributed by atoms with van der Waals surface area (Å²) in [5.41, 5.74) is 1.17. The lowest BCUT2D eigenvalue weighted by Crippen LogP contribution is -2.48. The van der Waals surface area contributed by atoms with Crippen molar-refractivity contribution in [3.63, 3.8) is 0 Å². The summed E-state index contributed by atoms with van der Waals surface area (Å²) in [6.45, 7) is 4.71. The molecule has 1 spiro atoms. The van der Waals surface area contributed by atoms with E-state index in [2.05, 4.69) is 33.0 Å². The molecule has 6 nitrogen and oxygen atoms in total. The fourth-order valence-corrected chi connectivity index (χ4v) is 4.09. The molecule has 0 bridgehead atoms. The first-order valence-electron chi connectivity index (χ1n) is 9.69. The van der Waals surface area contributed by atoms with Crippen molar-refractivity contribution in [3.05, 3.63) is 23.9 Å². The molecule has 4 rings (SSSR count). The minimum absolute atomic E-state index is 0.0584. The van der Waals surface area contributed by atoms with Crippen LogP contribution >= 0.6 is 0 Å². The van der Waals surface area contributed by atoms with Gasteiger partial charge in [0.05, 0.1) is 18.8 Å². The van der Waals surface area contributed by atoms with Gasteiger partial charge in [0.25, 0.3) is 0 Å². The Bertz CT molecular complexity index is 548. The average Bonchev–Trinajstić information content (AvgIpc) is 3.37. The van der Waals surface area contributed by atoms with Crippen LogP contribution in [0.15, 0.2) is 23.9 Å². The number of hydrogen-bond acceptors (Lipinski definition) is 5. The first-order valence-corrected chi connectivity index (χ1v) is 9.69. The molecule has 1 amide bonds. The Labute approximate surface area is 150 Å². The van der Waals surface area contributed by atoms with E-state index >= 15 is 0 Å². The summed E-state index contributed by atoms with van der Waals surface area (Å²) in [5.74, 6) is 0.108. The minimum atomic E-state index is 0.0584. The van der Waals surface area contributed by atoms with E-state index < -0.39 is 0 Å². The topological polar surface area (TPSA) is 65.6 Å². The van der Waals surface area contributed by atoms with Crippen LogP contribution in [0.4, 0.5) is 0 Å². The van der Waals surface area contributed by atoms with Gasteiger partial charge in [0, 0.05) is 44.5 Å². The van der Waals surface area contributed by atoms with Crippen LogP contribution in [-0.2, 0) is 9.53 Å². The maximum Gasteiger partial charge on any atom is 0.234 e. The second-order valence-corrected chi connectivity index (χ2v) is 7.92. The van der Waals surface area contributed by atoms with Crippen molar-refractivity contribution in [2.75, 3.05) is 39.3 Å². The lowest BCUT2D eigenvalue weighted by Gasteiger charge is -2.38. The molecule has 0 aromatic heterocycles. The molecule has 1 aliphatic carbocycles. The van der Waals surface area contributed by atoms with Crippen molar-refractivity contribution >= 4 is 5.91 Å². The molecule has 3 fully saturated rings. The minimum Gasteiger partial charge on any atom is -0.387 e. The van der Waals surface area contributed by atoms with E-state index in [4.69, 9.17) is 4.74 Å². The number of piperidine rings is 1. The summed E-state index contributed by atoms with van der Waals surface area (Å²) in [6.07, 6.45) is 12.0. The van der Waals surface area contributed by atoms with Gasteiger partial charge in [0.15, 0.2) is 0 Å². The molecule has 25 heavy (non-hydrogen) atoms. The number of carbonyl (C=O) groups is 1. The van der Waals surface area contributed by atoms with E-state index in [0.29, 0.717) is 19.1 Å². The molecule has 0 aromatic rings. The number of hydrogen-bond donors (Lipinski definition) is 3. The summed E-state index contributed by atoms with van der Waals surface area (Å²) >= 11 is 0. The number of nitrogens with zero attached hydrogens (tertiary/aromatic N) is 1. The molecule has 3 heterocycles. The highest BCUT2D eigenvalue weighted by molar-refractivity contribution is 5.78. The molecule has 1 saturated carbocycles. The predicted octanol–water partition coefficient (Wildman–Crippen LogP) is 0.521. The highest BCUT2D eigenvalue weighted by atomic mass is 16.5. The summed E-state index contributed by atoms with van der Waals surface area (Å²) in [6, 6.07) is 1.28. The third kappa shape index (κ3) is 4.63. The van der Waals surface area contributed by atoms with Gasteiger partial charge in [-0.05, 0) is 37.7 Å². The van der Waals surface area contributed by atoms with Gasteiger partial charge in [0.2, 0.25) is 5.91 Å². The van der Waals surface area contributed by atoms with Crippen LogP contribution in [0.1, 0.15) is 32.1 Å². The summed E-state index contributed by atoms with van der Waals surface area (Å²) in [7, 11) is 0. The number of likely N-dealkylation sites (tertiary alicyclic amines) is 1. The Balaban J connectivity index is 1.16. The van der Waals surface area contributed by atoms with Crippen LogP contribution in [0.3, 0.4) is 0 Å². The first kappa shape index (κ1) is 17.1. The van der Waals surface area contributed by atoms with Crippen LogP contribution in [0, 0.1) is 0 Å². The zero-order valence-electron chi connectivity index (χ0n) is 14.9. The second kappa shape index (κ2) is 7.48. The quantitative estimate of drug-likeness (QED) is 0.654. The van der Waals surface area contributed by atoms with Crippen LogP contribution < -0.4 is 16.0 Å². The molecule has 0 radical (unpaired) electrons. The van der Waals surface area contributed by atoms with Crippen molar-refractivity contribution in [3.8, 4) is 0 Å². The zero-order valence-corrected chi connectivity index (χ0v) is 14.9. The number of rotatable bonds is 6. The van der Waals surface area contributed by atoms with Crippen LogP contribution in [0.25, 0.3) is 0 Å². The normalized spacial score (nSPS) is 28.6. The van der Waals surface area contributed by atoms with E-state index in [1.165, 1.54) is 12.8 Å². The van der Waals surface area contributed by atoms with Crippen LogP contribution in [0.2, 0.25) is 0 Å².